The lowest BCUT2D eigenvalue weighted by atomic mass is 10.2. The molecule has 0 spiro atoms. The van der Waals surface area contributed by atoms with Crippen LogP contribution in [0.4, 0.5) is 5.13 Å². The van der Waals surface area contributed by atoms with Crippen molar-refractivity contribution in [2.45, 2.75) is 32.6 Å². The van der Waals surface area contributed by atoms with Crippen molar-refractivity contribution in [3.8, 4) is 0 Å². The van der Waals surface area contributed by atoms with Gasteiger partial charge in [-0.3, -0.25) is 10.1 Å². The summed E-state index contributed by atoms with van der Waals surface area (Å²) in [5, 5.41) is 12.4. The molecule has 0 atom stereocenters. The molecule has 0 unspecified atom stereocenters. The van der Waals surface area contributed by atoms with Gasteiger partial charge < -0.3 is 0 Å². The van der Waals surface area contributed by atoms with E-state index in [-0.39, 0.29) is 5.91 Å². The first-order valence-corrected chi connectivity index (χ1v) is 8.19. The molecule has 1 heterocycles. The minimum absolute atomic E-state index is 0.164. The van der Waals surface area contributed by atoms with Crippen molar-refractivity contribution in [2.75, 3.05) is 5.32 Å². The highest BCUT2D eigenvalue weighted by Gasteiger charge is 2.10. The first-order valence-electron chi connectivity index (χ1n) is 6.58. The third-order valence-corrected chi connectivity index (χ3v) is 4.16. The van der Waals surface area contributed by atoms with Crippen molar-refractivity contribution < 1.29 is 4.79 Å². The van der Waals surface area contributed by atoms with Gasteiger partial charge in [0.2, 0.25) is 5.13 Å². The number of anilines is 1. The first-order chi connectivity index (χ1) is 9.69. The number of aromatic nitrogens is 2. The van der Waals surface area contributed by atoms with Crippen molar-refractivity contribution in [3.05, 3.63) is 39.3 Å². The third-order valence-electron chi connectivity index (χ3n) is 2.77. The lowest BCUT2D eigenvalue weighted by Crippen LogP contribution is -2.11. The summed E-state index contributed by atoms with van der Waals surface area (Å²) in [6.45, 7) is 2.17. The standard InChI is InChI=1S/C14H16BrN3OS/c1-2-3-4-8-12-17-18-14(20-12)16-13(19)10-6-5-7-11(15)9-10/h5-7,9H,2-4,8H2,1H3,(H,16,18,19). The molecule has 1 aromatic carbocycles. The van der Waals surface area contributed by atoms with Crippen LogP contribution in [0.3, 0.4) is 0 Å². The molecule has 0 saturated carbocycles. The average Bonchev–Trinajstić information content (AvgIpc) is 2.86. The van der Waals surface area contributed by atoms with Crippen molar-refractivity contribution in [3.63, 3.8) is 0 Å². The van der Waals surface area contributed by atoms with Gasteiger partial charge >= 0.3 is 0 Å². The molecule has 1 N–H and O–H groups in total. The van der Waals surface area contributed by atoms with Crippen LogP contribution in [0, 0.1) is 0 Å². The second kappa shape index (κ2) is 7.50. The van der Waals surface area contributed by atoms with Crippen molar-refractivity contribution in [1.82, 2.24) is 10.2 Å². The minimum Gasteiger partial charge on any atom is -0.296 e. The van der Waals surface area contributed by atoms with E-state index in [2.05, 4.69) is 38.4 Å². The molecule has 20 heavy (non-hydrogen) atoms. The van der Waals surface area contributed by atoms with Crippen LogP contribution in [0.2, 0.25) is 0 Å². The maximum absolute atomic E-state index is 12.0. The van der Waals surface area contributed by atoms with Gasteiger partial charge in [0.1, 0.15) is 5.01 Å². The fourth-order valence-corrected chi connectivity index (χ4v) is 2.91. The van der Waals surface area contributed by atoms with Crippen LogP contribution in [0.25, 0.3) is 0 Å². The summed E-state index contributed by atoms with van der Waals surface area (Å²) in [6, 6.07) is 7.25. The quantitative estimate of drug-likeness (QED) is 0.788. The minimum atomic E-state index is -0.164. The molecule has 2 aromatic rings. The molecule has 1 amide bonds. The number of nitrogens with zero attached hydrogens (tertiary/aromatic N) is 2. The maximum atomic E-state index is 12.0. The number of benzene rings is 1. The van der Waals surface area contributed by atoms with Crippen LogP contribution in [0.1, 0.15) is 41.6 Å². The van der Waals surface area contributed by atoms with Gasteiger partial charge in [-0.2, -0.15) is 0 Å². The van der Waals surface area contributed by atoms with Crippen molar-refractivity contribution in [2.24, 2.45) is 0 Å². The highest BCUT2D eigenvalue weighted by Crippen LogP contribution is 2.19. The van der Waals surface area contributed by atoms with Crippen molar-refractivity contribution in [1.29, 1.82) is 0 Å². The Bertz CT molecular complexity index is 585. The van der Waals surface area contributed by atoms with Gasteiger partial charge in [0, 0.05) is 16.5 Å². The molecule has 0 aliphatic rings. The largest absolute Gasteiger partial charge is 0.296 e. The Labute approximate surface area is 130 Å². The fraction of sp³-hybridized carbons (Fsp3) is 0.357. The number of nitrogens with one attached hydrogen (secondary N) is 1. The molecule has 1 aromatic heterocycles. The van der Waals surface area contributed by atoms with Gasteiger partial charge in [-0.15, -0.1) is 10.2 Å². The van der Waals surface area contributed by atoms with E-state index in [4.69, 9.17) is 0 Å². The van der Waals surface area contributed by atoms with E-state index < -0.39 is 0 Å². The molecule has 0 radical (unpaired) electrons. The second-order valence-electron chi connectivity index (χ2n) is 4.42. The van der Waals surface area contributed by atoms with E-state index in [0.717, 1.165) is 22.3 Å². The molecule has 6 heteroatoms. The maximum Gasteiger partial charge on any atom is 0.257 e. The van der Waals surface area contributed by atoms with E-state index in [1.165, 1.54) is 24.2 Å². The molecule has 0 bridgehead atoms. The van der Waals surface area contributed by atoms with Gasteiger partial charge in [0.05, 0.1) is 0 Å². The zero-order valence-corrected chi connectivity index (χ0v) is 13.6. The normalized spacial score (nSPS) is 10.5. The molecular weight excluding hydrogens is 338 g/mol. The van der Waals surface area contributed by atoms with Gasteiger partial charge in [-0.25, -0.2) is 0 Å². The highest BCUT2D eigenvalue weighted by molar-refractivity contribution is 9.10. The topological polar surface area (TPSA) is 54.9 Å². The SMILES string of the molecule is CCCCCc1nnc(NC(=O)c2cccc(Br)c2)s1. The summed E-state index contributed by atoms with van der Waals surface area (Å²) in [5.41, 5.74) is 0.599. The Morgan fingerprint density at radius 3 is 2.95 bits per heavy atom. The highest BCUT2D eigenvalue weighted by atomic mass is 79.9. The van der Waals surface area contributed by atoms with E-state index in [0.29, 0.717) is 10.7 Å². The van der Waals surface area contributed by atoms with Crippen LogP contribution in [0.15, 0.2) is 28.7 Å². The first kappa shape index (κ1) is 15.1. The predicted octanol–water partition coefficient (Wildman–Crippen LogP) is 4.29. The Morgan fingerprint density at radius 2 is 2.20 bits per heavy atom. The molecular formula is C14H16BrN3OS. The molecule has 0 aliphatic heterocycles. The van der Waals surface area contributed by atoms with Crippen LogP contribution >= 0.6 is 27.3 Å². The van der Waals surface area contributed by atoms with Gasteiger partial charge in [0.25, 0.3) is 5.91 Å². The number of hydrogen-bond acceptors (Lipinski definition) is 4. The van der Waals surface area contributed by atoms with Crippen molar-refractivity contribution >= 4 is 38.3 Å². The molecule has 0 fully saturated rings. The molecule has 4 nitrogen and oxygen atoms in total. The van der Waals surface area contributed by atoms with Crippen LogP contribution in [-0.2, 0) is 6.42 Å². The van der Waals surface area contributed by atoms with Gasteiger partial charge in [-0.05, 0) is 24.6 Å². The lowest BCUT2D eigenvalue weighted by Gasteiger charge is -2.01. The molecule has 106 valence electrons. The summed E-state index contributed by atoms with van der Waals surface area (Å²) in [4.78, 5) is 12.0. The summed E-state index contributed by atoms with van der Waals surface area (Å²) in [5.74, 6) is -0.164. The number of amides is 1. The van der Waals surface area contributed by atoms with Gasteiger partial charge in [0.15, 0.2) is 0 Å². The Hall–Kier alpha value is -1.27. The lowest BCUT2D eigenvalue weighted by molar-refractivity contribution is 0.102. The monoisotopic (exact) mass is 353 g/mol. The average molecular weight is 354 g/mol. The van der Waals surface area contributed by atoms with Crippen LogP contribution in [-0.4, -0.2) is 16.1 Å². The molecule has 2 rings (SSSR count). The van der Waals surface area contributed by atoms with Crippen LogP contribution < -0.4 is 5.32 Å². The number of unbranched alkanes of at least 4 members (excludes halogenated alkanes) is 2. The van der Waals surface area contributed by atoms with E-state index in [1.54, 1.807) is 12.1 Å². The zero-order valence-electron chi connectivity index (χ0n) is 11.2. The number of rotatable bonds is 6. The smallest absolute Gasteiger partial charge is 0.257 e. The Morgan fingerprint density at radius 1 is 1.35 bits per heavy atom. The molecule has 0 saturated heterocycles. The molecule has 0 aliphatic carbocycles. The van der Waals surface area contributed by atoms with E-state index >= 15 is 0 Å². The van der Waals surface area contributed by atoms with Crippen LogP contribution in [0.5, 0.6) is 0 Å². The second-order valence-corrected chi connectivity index (χ2v) is 6.40. The Balaban J connectivity index is 1.94. The summed E-state index contributed by atoms with van der Waals surface area (Å²) >= 11 is 4.79. The van der Waals surface area contributed by atoms with E-state index in [9.17, 15) is 4.79 Å². The summed E-state index contributed by atoms with van der Waals surface area (Å²) in [7, 11) is 0. The summed E-state index contributed by atoms with van der Waals surface area (Å²) in [6.07, 6.45) is 4.42. The predicted molar refractivity (Wildman–Crippen MR) is 85.2 cm³/mol. The number of carbonyl (C=O) groups is 1. The number of hydrogen-bond donors (Lipinski definition) is 1. The third kappa shape index (κ3) is 4.38. The Kier molecular flexibility index (Phi) is 5.67. The number of halogens is 1. The van der Waals surface area contributed by atoms with E-state index in [1.807, 2.05) is 12.1 Å². The fourth-order valence-electron chi connectivity index (χ4n) is 1.73. The zero-order chi connectivity index (χ0) is 14.4. The number of carbonyl (C=O) groups excluding carboxylic acids is 1. The van der Waals surface area contributed by atoms with Gasteiger partial charge in [-0.1, -0.05) is 53.1 Å². The number of aryl methyl sites for hydroxylation is 1. The summed E-state index contributed by atoms with van der Waals surface area (Å²) < 4.78 is 0.877.